The highest BCUT2D eigenvalue weighted by Crippen LogP contribution is 2.25. The predicted octanol–water partition coefficient (Wildman–Crippen LogP) is 1.76. The lowest BCUT2D eigenvalue weighted by atomic mass is 10.0. The summed E-state index contributed by atoms with van der Waals surface area (Å²) >= 11 is 0. The van der Waals surface area contributed by atoms with E-state index in [2.05, 4.69) is 16.4 Å². The van der Waals surface area contributed by atoms with Gasteiger partial charge in [0.2, 0.25) is 0 Å². The number of hydrogen-bond acceptors (Lipinski definition) is 3. The van der Waals surface area contributed by atoms with Gasteiger partial charge in [0.25, 0.3) is 5.91 Å². The summed E-state index contributed by atoms with van der Waals surface area (Å²) < 4.78 is 5.54. The molecule has 1 aromatic rings. The minimum absolute atomic E-state index is 0.00880. The van der Waals surface area contributed by atoms with Gasteiger partial charge in [0.15, 0.2) is 0 Å². The van der Waals surface area contributed by atoms with Crippen molar-refractivity contribution in [3.05, 3.63) is 29.1 Å². The minimum atomic E-state index is -0.635. The van der Waals surface area contributed by atoms with Crippen molar-refractivity contribution in [2.45, 2.75) is 51.2 Å². The maximum Gasteiger partial charge on any atom is 0.252 e. The molecule has 102 valence electrons. The quantitative estimate of drug-likeness (QED) is 0.901. The van der Waals surface area contributed by atoms with Crippen LogP contribution in [0.25, 0.3) is 0 Å². The number of rotatable bonds is 3. The predicted molar refractivity (Wildman–Crippen MR) is 71.7 cm³/mol. The van der Waals surface area contributed by atoms with E-state index in [1.165, 1.54) is 17.7 Å². The topological polar surface area (TPSA) is 51.2 Å². The molecular formula is C15H20N2O2. The third-order valence-corrected chi connectivity index (χ3v) is 4.13. The lowest BCUT2D eigenvalue weighted by Gasteiger charge is -2.21. The van der Waals surface area contributed by atoms with Crippen molar-refractivity contribution < 1.29 is 9.53 Å². The van der Waals surface area contributed by atoms with E-state index in [1.807, 2.05) is 13.1 Å². The fourth-order valence-corrected chi connectivity index (χ4v) is 2.90. The number of carbonyl (C=O) groups is 1. The van der Waals surface area contributed by atoms with Crippen LogP contribution in [0.5, 0.6) is 0 Å². The summed E-state index contributed by atoms with van der Waals surface area (Å²) in [5.74, 6) is -0.00880. The molecule has 1 amide bonds. The minimum Gasteiger partial charge on any atom is -0.365 e. The Morgan fingerprint density at radius 3 is 3.16 bits per heavy atom. The number of ether oxygens (including phenoxy) is 1. The van der Waals surface area contributed by atoms with E-state index in [0.717, 1.165) is 31.2 Å². The molecule has 0 unspecified atom stereocenters. The Bertz CT molecular complexity index is 493. The highest BCUT2D eigenvalue weighted by Gasteiger charge is 2.37. The number of hydrogen-bond donors (Lipinski definition) is 1. The van der Waals surface area contributed by atoms with Crippen LogP contribution in [0.4, 0.5) is 0 Å². The Morgan fingerprint density at radius 1 is 1.47 bits per heavy atom. The normalized spacial score (nSPS) is 25.3. The molecule has 2 aliphatic rings. The number of nitrogens with zero attached hydrogens (tertiary/aromatic N) is 1. The maximum absolute atomic E-state index is 12.1. The summed E-state index contributed by atoms with van der Waals surface area (Å²) in [4.78, 5) is 16.6. The summed E-state index contributed by atoms with van der Waals surface area (Å²) in [6.45, 7) is 3.10. The first-order chi connectivity index (χ1) is 9.17. The van der Waals surface area contributed by atoms with Crippen molar-refractivity contribution in [1.82, 2.24) is 10.3 Å². The summed E-state index contributed by atoms with van der Waals surface area (Å²) in [6.07, 6.45) is 7.05. The Balaban J connectivity index is 1.61. The summed E-state index contributed by atoms with van der Waals surface area (Å²) in [5, 5.41) is 2.97. The first-order valence-electron chi connectivity index (χ1n) is 7.06. The Kier molecular flexibility index (Phi) is 3.27. The highest BCUT2D eigenvalue weighted by molar-refractivity contribution is 5.84. The molecule has 1 saturated heterocycles. The van der Waals surface area contributed by atoms with Gasteiger partial charge in [-0.05, 0) is 50.2 Å². The summed E-state index contributed by atoms with van der Waals surface area (Å²) in [5.41, 5.74) is 3.01. The van der Waals surface area contributed by atoms with Crippen molar-refractivity contribution in [2.24, 2.45) is 0 Å². The van der Waals surface area contributed by atoms with E-state index >= 15 is 0 Å². The van der Waals surface area contributed by atoms with Gasteiger partial charge in [0.05, 0.1) is 0 Å². The monoisotopic (exact) mass is 260 g/mol. The zero-order valence-corrected chi connectivity index (χ0v) is 11.4. The van der Waals surface area contributed by atoms with Crippen molar-refractivity contribution in [3.8, 4) is 0 Å². The molecule has 0 spiro atoms. The third kappa shape index (κ3) is 2.50. The Hall–Kier alpha value is -1.42. The second-order valence-corrected chi connectivity index (χ2v) is 5.67. The van der Waals surface area contributed by atoms with Gasteiger partial charge >= 0.3 is 0 Å². The zero-order valence-electron chi connectivity index (χ0n) is 11.4. The smallest absolute Gasteiger partial charge is 0.252 e. The number of aryl methyl sites for hydroxylation is 2. The number of carbonyl (C=O) groups excluding carboxylic acids is 1. The molecule has 0 radical (unpaired) electrons. The molecule has 1 aromatic heterocycles. The molecule has 0 bridgehead atoms. The van der Waals surface area contributed by atoms with Crippen LogP contribution in [-0.4, -0.2) is 23.1 Å². The molecule has 1 atom stereocenters. The van der Waals surface area contributed by atoms with E-state index in [4.69, 9.17) is 4.74 Å². The van der Waals surface area contributed by atoms with Crippen LogP contribution >= 0.6 is 0 Å². The van der Waals surface area contributed by atoms with Gasteiger partial charge in [-0.1, -0.05) is 6.07 Å². The van der Waals surface area contributed by atoms with Gasteiger partial charge in [0, 0.05) is 25.0 Å². The molecule has 0 aromatic carbocycles. The van der Waals surface area contributed by atoms with Crippen LogP contribution in [0.1, 0.15) is 43.0 Å². The summed E-state index contributed by atoms with van der Waals surface area (Å²) in [6, 6.07) is 2.17. The van der Waals surface area contributed by atoms with E-state index in [9.17, 15) is 4.79 Å². The maximum atomic E-state index is 12.1. The second-order valence-electron chi connectivity index (χ2n) is 5.67. The van der Waals surface area contributed by atoms with Gasteiger partial charge in [-0.15, -0.1) is 0 Å². The standard InChI is InChI=1S/C15H20N2O2/c1-15(6-3-7-19-15)14(18)17-10-11-8-12-4-2-5-13(12)16-9-11/h8-9H,2-7,10H2,1H3,(H,17,18)/t15-/m1/s1. The number of amides is 1. The molecular weight excluding hydrogens is 240 g/mol. The third-order valence-electron chi connectivity index (χ3n) is 4.13. The zero-order chi connectivity index (χ0) is 13.3. The van der Waals surface area contributed by atoms with E-state index in [1.54, 1.807) is 0 Å². The number of aromatic nitrogens is 1. The number of pyridine rings is 1. The average Bonchev–Trinajstić information content (AvgIpc) is 3.04. The highest BCUT2D eigenvalue weighted by atomic mass is 16.5. The van der Waals surface area contributed by atoms with Gasteiger partial charge in [-0.25, -0.2) is 0 Å². The van der Waals surface area contributed by atoms with Crippen molar-refractivity contribution in [2.75, 3.05) is 6.61 Å². The number of nitrogens with one attached hydrogen (secondary N) is 1. The van der Waals surface area contributed by atoms with E-state index in [0.29, 0.717) is 13.2 Å². The second kappa shape index (κ2) is 4.93. The van der Waals surface area contributed by atoms with Gasteiger partial charge < -0.3 is 10.1 Å². The van der Waals surface area contributed by atoms with E-state index < -0.39 is 5.60 Å². The van der Waals surface area contributed by atoms with Crippen LogP contribution in [0.3, 0.4) is 0 Å². The fraction of sp³-hybridized carbons (Fsp3) is 0.600. The van der Waals surface area contributed by atoms with Crippen molar-refractivity contribution in [1.29, 1.82) is 0 Å². The fourth-order valence-electron chi connectivity index (χ4n) is 2.90. The van der Waals surface area contributed by atoms with Crippen molar-refractivity contribution >= 4 is 5.91 Å². The lowest BCUT2D eigenvalue weighted by molar-refractivity contribution is -0.139. The largest absolute Gasteiger partial charge is 0.365 e. The van der Waals surface area contributed by atoms with Gasteiger partial charge in [0.1, 0.15) is 5.60 Å². The molecule has 2 heterocycles. The molecule has 3 rings (SSSR count). The molecule has 1 fully saturated rings. The van der Waals surface area contributed by atoms with Gasteiger partial charge in [-0.3, -0.25) is 9.78 Å². The van der Waals surface area contributed by atoms with Crippen molar-refractivity contribution in [3.63, 3.8) is 0 Å². The number of fused-ring (bicyclic) bond motifs is 1. The first kappa shape index (κ1) is 12.6. The van der Waals surface area contributed by atoms with Gasteiger partial charge in [-0.2, -0.15) is 0 Å². The van der Waals surface area contributed by atoms with E-state index in [-0.39, 0.29) is 5.91 Å². The molecule has 19 heavy (non-hydrogen) atoms. The summed E-state index contributed by atoms with van der Waals surface area (Å²) in [7, 11) is 0. The molecule has 4 heteroatoms. The van der Waals surface area contributed by atoms with Crippen LogP contribution in [0.2, 0.25) is 0 Å². The van der Waals surface area contributed by atoms with Crippen LogP contribution < -0.4 is 5.32 Å². The Labute approximate surface area is 113 Å². The average molecular weight is 260 g/mol. The SMILES string of the molecule is C[C@]1(C(=O)NCc2cnc3c(c2)CCC3)CCCO1. The molecule has 4 nitrogen and oxygen atoms in total. The van der Waals surface area contributed by atoms with Crippen LogP contribution in [0, 0.1) is 0 Å². The first-order valence-corrected chi connectivity index (χ1v) is 7.06. The molecule has 0 saturated carbocycles. The van der Waals surface area contributed by atoms with Crippen LogP contribution in [-0.2, 0) is 28.9 Å². The molecule has 1 aliphatic carbocycles. The molecule has 1 aliphatic heterocycles. The Morgan fingerprint density at radius 2 is 2.37 bits per heavy atom. The van der Waals surface area contributed by atoms with Crippen LogP contribution in [0.15, 0.2) is 12.3 Å². The molecule has 1 N–H and O–H groups in total. The lowest BCUT2D eigenvalue weighted by Crippen LogP contribution is -2.43.